The maximum atomic E-state index is 14.2. The van der Waals surface area contributed by atoms with Gasteiger partial charge in [-0.15, -0.1) is 0 Å². The third-order valence-corrected chi connectivity index (χ3v) is 7.80. The highest BCUT2D eigenvalue weighted by atomic mass is 19.4. The topological polar surface area (TPSA) is 103 Å². The van der Waals surface area contributed by atoms with Crippen molar-refractivity contribution in [3.05, 3.63) is 106 Å². The summed E-state index contributed by atoms with van der Waals surface area (Å²) < 4.78 is 84.5. The fourth-order valence-corrected chi connectivity index (χ4v) is 5.92. The largest absolute Gasteiger partial charge is 0.435 e. The van der Waals surface area contributed by atoms with Gasteiger partial charge in [0.1, 0.15) is 24.0 Å². The van der Waals surface area contributed by atoms with Gasteiger partial charge in [0.15, 0.2) is 5.69 Å². The molecular weight excluding hydrogens is 576 g/mol. The van der Waals surface area contributed by atoms with Gasteiger partial charge in [0, 0.05) is 35.0 Å². The number of hydrogen-bond donors (Lipinski definition) is 2. The van der Waals surface area contributed by atoms with Crippen molar-refractivity contribution in [3.8, 4) is 11.1 Å². The second-order valence-electron chi connectivity index (χ2n) is 10.8. The SMILES string of the molecule is NC(=O)c1cc(-c2cccnc2C(Cc2cc(F)cc(F)c2)NC(=O)Cn2nc(C(F)(F)F)c3c2[C@H]2C[C@H]2C3)ccc1F. The molecule has 0 saturated heterocycles. The monoisotopic (exact) mass is 599 g/mol. The van der Waals surface area contributed by atoms with Crippen LogP contribution in [0.2, 0.25) is 0 Å². The van der Waals surface area contributed by atoms with Crippen LogP contribution in [0.1, 0.15) is 56.9 Å². The molecule has 2 amide bonds. The number of primary amides is 1. The first kappa shape index (κ1) is 28.4. The van der Waals surface area contributed by atoms with Crippen molar-refractivity contribution < 1.29 is 35.9 Å². The molecule has 0 radical (unpaired) electrons. The molecule has 3 atom stereocenters. The average molecular weight is 600 g/mol. The predicted molar refractivity (Wildman–Crippen MR) is 141 cm³/mol. The molecule has 2 aromatic heterocycles. The number of hydrogen-bond acceptors (Lipinski definition) is 4. The Labute approximate surface area is 240 Å². The minimum absolute atomic E-state index is 0.0854. The van der Waals surface area contributed by atoms with Crippen LogP contribution in [0.3, 0.4) is 0 Å². The van der Waals surface area contributed by atoms with Crippen molar-refractivity contribution >= 4 is 11.8 Å². The lowest BCUT2D eigenvalue weighted by Crippen LogP contribution is -2.34. The molecule has 2 aliphatic carbocycles. The van der Waals surface area contributed by atoms with E-state index in [1.54, 1.807) is 12.1 Å². The van der Waals surface area contributed by atoms with E-state index in [9.17, 15) is 35.9 Å². The number of aromatic nitrogens is 3. The summed E-state index contributed by atoms with van der Waals surface area (Å²) in [6.07, 6.45) is -2.44. The number of benzene rings is 2. The van der Waals surface area contributed by atoms with Gasteiger partial charge >= 0.3 is 6.18 Å². The smallest absolute Gasteiger partial charge is 0.366 e. The standard InChI is InChI=1S/C30H23F6N5O2/c31-17-6-14(7-18(32)12-17)8-24(26-19(2-1-5-38-26)15-3-4-23(33)21(9-15)29(37)43)39-25(42)13-41-27-20-10-16(20)11-22(27)28(40-41)30(34,35)36/h1-7,9,12,16,20,24H,8,10-11,13H2,(H2,37,43)(H,39,42)/t16-,20-,24?/m0/s1. The first-order chi connectivity index (χ1) is 20.4. The van der Waals surface area contributed by atoms with E-state index in [0.29, 0.717) is 22.9 Å². The van der Waals surface area contributed by atoms with Crippen LogP contribution >= 0.6 is 0 Å². The average Bonchev–Trinajstić information content (AvgIpc) is 3.43. The van der Waals surface area contributed by atoms with E-state index >= 15 is 0 Å². The highest BCUT2D eigenvalue weighted by Crippen LogP contribution is 2.58. The van der Waals surface area contributed by atoms with Gasteiger partial charge in [-0.05, 0) is 66.6 Å². The zero-order valence-electron chi connectivity index (χ0n) is 22.3. The Balaban J connectivity index is 1.36. The van der Waals surface area contributed by atoms with Gasteiger partial charge in [-0.2, -0.15) is 18.3 Å². The summed E-state index contributed by atoms with van der Waals surface area (Å²) >= 11 is 0. The molecule has 3 N–H and O–H groups in total. The molecule has 0 spiro atoms. The molecule has 0 bridgehead atoms. The Hall–Kier alpha value is -4.68. The van der Waals surface area contributed by atoms with Crippen molar-refractivity contribution in [2.24, 2.45) is 11.7 Å². The number of rotatable bonds is 8. The van der Waals surface area contributed by atoms with Gasteiger partial charge in [0.2, 0.25) is 5.91 Å². The van der Waals surface area contributed by atoms with Crippen LogP contribution in [-0.2, 0) is 30.4 Å². The molecule has 1 saturated carbocycles. The number of halogens is 6. The molecule has 43 heavy (non-hydrogen) atoms. The lowest BCUT2D eigenvalue weighted by atomic mass is 9.94. The normalized spacial score (nSPS) is 17.7. The lowest BCUT2D eigenvalue weighted by molar-refractivity contribution is -0.142. The van der Waals surface area contributed by atoms with Crippen LogP contribution in [0.25, 0.3) is 11.1 Å². The van der Waals surface area contributed by atoms with Crippen LogP contribution in [0.5, 0.6) is 0 Å². The van der Waals surface area contributed by atoms with Crippen molar-refractivity contribution in [2.75, 3.05) is 0 Å². The Morgan fingerprint density at radius 1 is 1.07 bits per heavy atom. The Morgan fingerprint density at radius 2 is 1.81 bits per heavy atom. The summed E-state index contributed by atoms with van der Waals surface area (Å²) in [5.74, 6) is -4.24. The number of amides is 2. The molecule has 2 aliphatic rings. The summed E-state index contributed by atoms with van der Waals surface area (Å²) in [6.45, 7) is -0.528. The van der Waals surface area contributed by atoms with Crippen molar-refractivity contribution in [2.45, 2.75) is 43.9 Å². The van der Waals surface area contributed by atoms with Crippen LogP contribution in [0.4, 0.5) is 26.3 Å². The zero-order chi connectivity index (χ0) is 30.6. The summed E-state index contributed by atoms with van der Waals surface area (Å²) in [6, 6.07) is 8.59. The third kappa shape index (κ3) is 5.58. The quantitative estimate of drug-likeness (QED) is 0.271. The van der Waals surface area contributed by atoms with Crippen LogP contribution in [0, 0.1) is 23.4 Å². The first-order valence-electron chi connectivity index (χ1n) is 13.3. The van der Waals surface area contributed by atoms with Gasteiger partial charge < -0.3 is 11.1 Å². The molecule has 7 nitrogen and oxygen atoms in total. The number of carbonyl (C=O) groups excluding carboxylic acids is 2. The van der Waals surface area contributed by atoms with Crippen molar-refractivity contribution in [1.82, 2.24) is 20.1 Å². The number of pyridine rings is 1. The summed E-state index contributed by atoms with van der Waals surface area (Å²) in [4.78, 5) is 29.6. The first-order valence-corrected chi connectivity index (χ1v) is 13.3. The highest BCUT2D eigenvalue weighted by Gasteiger charge is 2.53. The molecule has 2 aromatic carbocycles. The summed E-state index contributed by atoms with van der Waals surface area (Å²) in [5.41, 5.74) is 5.48. The number of carbonyl (C=O) groups is 2. The van der Waals surface area contributed by atoms with Crippen molar-refractivity contribution in [3.63, 3.8) is 0 Å². The van der Waals surface area contributed by atoms with Gasteiger partial charge in [-0.25, -0.2) is 13.2 Å². The van der Waals surface area contributed by atoms with Gasteiger partial charge in [0.25, 0.3) is 5.91 Å². The third-order valence-electron chi connectivity index (χ3n) is 7.80. The summed E-state index contributed by atoms with van der Waals surface area (Å²) in [5, 5.41) is 6.49. The maximum Gasteiger partial charge on any atom is 0.435 e. The second-order valence-corrected chi connectivity index (χ2v) is 10.8. The minimum Gasteiger partial charge on any atom is -0.366 e. The Kier molecular flexibility index (Phi) is 6.98. The predicted octanol–water partition coefficient (Wildman–Crippen LogP) is 5.24. The molecule has 13 heteroatoms. The number of nitrogens with two attached hydrogens (primary N) is 1. The second kappa shape index (κ2) is 10.5. The van der Waals surface area contributed by atoms with Crippen LogP contribution in [-0.4, -0.2) is 26.6 Å². The fourth-order valence-electron chi connectivity index (χ4n) is 5.92. The minimum atomic E-state index is -4.67. The van der Waals surface area contributed by atoms with E-state index in [-0.39, 0.29) is 47.1 Å². The van der Waals surface area contributed by atoms with E-state index in [1.165, 1.54) is 18.3 Å². The maximum absolute atomic E-state index is 14.2. The van der Waals surface area contributed by atoms with Gasteiger partial charge in [0.05, 0.1) is 17.3 Å². The molecule has 4 aromatic rings. The molecule has 1 unspecified atom stereocenters. The van der Waals surface area contributed by atoms with Crippen LogP contribution in [0.15, 0.2) is 54.7 Å². The molecule has 222 valence electrons. The van der Waals surface area contributed by atoms with Crippen LogP contribution < -0.4 is 11.1 Å². The van der Waals surface area contributed by atoms with E-state index < -0.39 is 53.7 Å². The van der Waals surface area contributed by atoms with E-state index in [4.69, 9.17) is 5.73 Å². The molecule has 1 fully saturated rings. The van der Waals surface area contributed by atoms with Gasteiger partial charge in [-0.3, -0.25) is 19.3 Å². The number of nitrogens with one attached hydrogen (secondary N) is 1. The molecule has 0 aliphatic heterocycles. The summed E-state index contributed by atoms with van der Waals surface area (Å²) in [7, 11) is 0. The Bertz CT molecular complexity index is 1750. The van der Waals surface area contributed by atoms with Gasteiger partial charge in [-0.1, -0.05) is 12.1 Å². The van der Waals surface area contributed by atoms with Crippen molar-refractivity contribution in [1.29, 1.82) is 0 Å². The number of alkyl halides is 3. The van der Waals surface area contributed by atoms with E-state index in [2.05, 4.69) is 15.4 Å². The Morgan fingerprint density at radius 3 is 2.51 bits per heavy atom. The molecular formula is C30H23F6N5O2. The fraction of sp³-hybridized carbons (Fsp3) is 0.267. The zero-order valence-corrected chi connectivity index (χ0v) is 22.3. The van der Waals surface area contributed by atoms with E-state index in [1.807, 2.05) is 0 Å². The molecule has 6 rings (SSSR count). The lowest BCUT2D eigenvalue weighted by Gasteiger charge is -2.22. The molecule has 2 heterocycles. The van der Waals surface area contributed by atoms with E-state index in [0.717, 1.165) is 29.3 Å². The number of nitrogens with zero attached hydrogens (tertiary/aromatic N) is 3. The number of fused-ring (bicyclic) bond motifs is 3. The highest BCUT2D eigenvalue weighted by molar-refractivity contribution is 5.94.